The normalized spacial score (nSPS) is 19.5. The van der Waals surface area contributed by atoms with Crippen LogP contribution in [-0.4, -0.2) is 60.7 Å². The number of nitrogens with one attached hydrogen (secondary N) is 1. The van der Waals surface area contributed by atoms with Gasteiger partial charge in [-0.3, -0.25) is 4.79 Å². The second-order valence-electron chi connectivity index (χ2n) is 10.9. The molecule has 0 bridgehead atoms. The Bertz CT molecular complexity index is 1240. The van der Waals surface area contributed by atoms with Crippen molar-refractivity contribution in [2.24, 2.45) is 5.92 Å². The lowest BCUT2D eigenvalue weighted by atomic mass is 9.80. The lowest BCUT2D eigenvalue weighted by molar-refractivity contribution is -0.121. The van der Waals surface area contributed by atoms with Crippen molar-refractivity contribution in [3.05, 3.63) is 102 Å². The number of amides is 2. The predicted octanol–water partition coefficient (Wildman–Crippen LogP) is 5.72. The Balaban J connectivity index is 0.000000259. The van der Waals surface area contributed by atoms with Gasteiger partial charge in [0.25, 0.3) is 0 Å². The Morgan fingerprint density at radius 2 is 1.65 bits per heavy atom. The molecule has 2 amide bonds. The molecule has 1 heterocycles. The summed E-state index contributed by atoms with van der Waals surface area (Å²) >= 11 is 0. The summed E-state index contributed by atoms with van der Waals surface area (Å²) in [5.74, 6) is 2.39. The third-order valence-electron chi connectivity index (χ3n) is 7.98. The predicted molar refractivity (Wildman–Crippen MR) is 157 cm³/mol. The molecule has 1 saturated heterocycles. The van der Waals surface area contributed by atoms with Crippen molar-refractivity contribution < 1.29 is 19.4 Å². The van der Waals surface area contributed by atoms with Crippen molar-refractivity contribution in [2.75, 3.05) is 33.8 Å². The van der Waals surface area contributed by atoms with Gasteiger partial charge >= 0.3 is 6.09 Å². The lowest BCUT2D eigenvalue weighted by Gasteiger charge is -2.43. The number of piperidine rings is 1. The van der Waals surface area contributed by atoms with E-state index in [1.165, 1.54) is 22.4 Å². The standard InChI is InChI=1S/C24H30N2O2.C9H11NO2/c1-18(27)25-24(21-8-4-3-5-9-21)11-13-26(14-12-24)17-20-16-23(20)19-7-6-10-22(15-19)28-2;1-10(9(11)12)7-8-5-3-2-4-6-8/h3-10,15,20,23H,11-14,16-17H2,1-2H3,(H,25,27);2-6H,7H2,1H3,(H,11,12)/t20-,23+;/m0./s1. The van der Waals surface area contributed by atoms with Crippen molar-refractivity contribution in [3.63, 3.8) is 0 Å². The van der Waals surface area contributed by atoms with Gasteiger partial charge in [0.1, 0.15) is 5.75 Å². The van der Waals surface area contributed by atoms with Crippen LogP contribution in [-0.2, 0) is 16.9 Å². The zero-order valence-electron chi connectivity index (χ0n) is 23.8. The van der Waals surface area contributed by atoms with Crippen molar-refractivity contribution in [3.8, 4) is 5.75 Å². The Kier molecular flexibility index (Phi) is 9.83. The number of carbonyl (C=O) groups excluding carboxylic acids is 1. The van der Waals surface area contributed by atoms with Crippen molar-refractivity contribution in [1.82, 2.24) is 15.1 Å². The Morgan fingerprint density at radius 3 is 2.25 bits per heavy atom. The van der Waals surface area contributed by atoms with E-state index in [0.717, 1.165) is 49.7 Å². The average molecular weight is 544 g/mol. The van der Waals surface area contributed by atoms with Crippen LogP contribution in [0.25, 0.3) is 0 Å². The van der Waals surface area contributed by atoms with Crippen LogP contribution >= 0.6 is 0 Å². The van der Waals surface area contributed by atoms with Gasteiger partial charge < -0.3 is 25.0 Å². The highest BCUT2D eigenvalue weighted by molar-refractivity contribution is 5.74. The number of methoxy groups -OCH3 is 1. The zero-order chi connectivity index (χ0) is 28.5. The summed E-state index contributed by atoms with van der Waals surface area (Å²) in [5, 5.41) is 11.8. The molecule has 3 aromatic rings. The van der Waals surface area contributed by atoms with Crippen LogP contribution in [0.4, 0.5) is 4.79 Å². The number of rotatable bonds is 8. The third kappa shape index (κ3) is 7.85. The van der Waals surface area contributed by atoms with Crippen molar-refractivity contribution in [1.29, 1.82) is 0 Å². The number of carboxylic acid groups (broad SMARTS) is 1. The van der Waals surface area contributed by atoms with E-state index in [-0.39, 0.29) is 11.4 Å². The van der Waals surface area contributed by atoms with E-state index < -0.39 is 6.09 Å². The Morgan fingerprint density at radius 1 is 1.00 bits per heavy atom. The molecule has 0 radical (unpaired) electrons. The molecule has 3 aromatic carbocycles. The highest BCUT2D eigenvalue weighted by atomic mass is 16.5. The van der Waals surface area contributed by atoms with Crippen molar-refractivity contribution in [2.45, 2.75) is 44.2 Å². The number of nitrogens with zero attached hydrogens (tertiary/aromatic N) is 2. The molecule has 2 N–H and O–H groups in total. The first-order valence-electron chi connectivity index (χ1n) is 14.0. The molecular weight excluding hydrogens is 502 g/mol. The number of benzene rings is 3. The molecule has 0 spiro atoms. The first-order valence-corrected chi connectivity index (χ1v) is 14.0. The van der Waals surface area contributed by atoms with E-state index in [4.69, 9.17) is 9.84 Å². The molecule has 2 aliphatic rings. The van der Waals surface area contributed by atoms with E-state index in [1.807, 2.05) is 42.5 Å². The van der Waals surface area contributed by atoms with Crippen LogP contribution in [0.5, 0.6) is 5.75 Å². The highest BCUT2D eigenvalue weighted by Crippen LogP contribution is 2.49. The van der Waals surface area contributed by atoms with Gasteiger partial charge in [-0.2, -0.15) is 0 Å². The Labute approximate surface area is 237 Å². The summed E-state index contributed by atoms with van der Waals surface area (Å²) in [6, 6.07) is 28.4. The maximum atomic E-state index is 11.9. The maximum absolute atomic E-state index is 11.9. The highest BCUT2D eigenvalue weighted by Gasteiger charge is 2.42. The monoisotopic (exact) mass is 543 g/mol. The fraction of sp³-hybridized carbons (Fsp3) is 0.394. The number of hydrogen-bond donors (Lipinski definition) is 2. The summed E-state index contributed by atoms with van der Waals surface area (Å²) in [6.45, 7) is 5.26. The summed E-state index contributed by atoms with van der Waals surface area (Å²) < 4.78 is 5.37. The van der Waals surface area contributed by atoms with E-state index in [9.17, 15) is 9.59 Å². The average Bonchev–Trinajstić information content (AvgIpc) is 3.74. The van der Waals surface area contributed by atoms with E-state index >= 15 is 0 Å². The van der Waals surface area contributed by atoms with Gasteiger partial charge in [0.05, 0.1) is 12.6 Å². The number of likely N-dealkylation sites (tertiary alicyclic amines) is 1. The summed E-state index contributed by atoms with van der Waals surface area (Å²) in [7, 11) is 3.28. The zero-order valence-corrected chi connectivity index (χ0v) is 23.8. The molecular formula is C33H41N3O4. The SMILES string of the molecule is CN(Cc1ccccc1)C(=O)O.COc1cccc([C@H]2C[C@H]2CN2CCC(NC(C)=O)(c3ccccc3)CC2)c1. The maximum Gasteiger partial charge on any atom is 0.407 e. The van der Waals surface area contributed by atoms with Crippen LogP contribution in [0.3, 0.4) is 0 Å². The van der Waals surface area contributed by atoms with Gasteiger partial charge in [0.2, 0.25) is 5.91 Å². The Hall–Kier alpha value is -3.84. The minimum absolute atomic E-state index is 0.0533. The lowest BCUT2D eigenvalue weighted by Crippen LogP contribution is -2.52. The molecule has 1 aliphatic heterocycles. The molecule has 212 valence electrons. The minimum Gasteiger partial charge on any atom is -0.497 e. The molecule has 5 rings (SSSR count). The third-order valence-corrected chi connectivity index (χ3v) is 7.98. The molecule has 0 unspecified atom stereocenters. The van der Waals surface area contributed by atoms with Gasteiger partial charge in [0, 0.05) is 40.2 Å². The van der Waals surface area contributed by atoms with E-state index in [2.05, 4.69) is 52.7 Å². The first kappa shape index (κ1) is 29.2. The van der Waals surface area contributed by atoms with Crippen LogP contribution in [0.1, 0.15) is 48.8 Å². The van der Waals surface area contributed by atoms with Crippen LogP contribution < -0.4 is 10.1 Å². The van der Waals surface area contributed by atoms with E-state index in [0.29, 0.717) is 12.5 Å². The smallest absolute Gasteiger partial charge is 0.407 e. The van der Waals surface area contributed by atoms with Crippen LogP contribution in [0.15, 0.2) is 84.9 Å². The summed E-state index contributed by atoms with van der Waals surface area (Å²) in [4.78, 5) is 26.1. The summed E-state index contributed by atoms with van der Waals surface area (Å²) in [5.41, 5.74) is 3.41. The quantitative estimate of drug-likeness (QED) is 0.380. The molecule has 1 saturated carbocycles. The molecule has 2 atom stereocenters. The first-order chi connectivity index (χ1) is 19.3. The van der Waals surface area contributed by atoms with Gasteiger partial charge in [0.15, 0.2) is 0 Å². The molecule has 7 nitrogen and oxygen atoms in total. The van der Waals surface area contributed by atoms with Gasteiger partial charge in [-0.25, -0.2) is 4.79 Å². The molecule has 2 fully saturated rings. The fourth-order valence-corrected chi connectivity index (χ4v) is 5.68. The number of carbonyl (C=O) groups is 2. The second-order valence-corrected chi connectivity index (χ2v) is 10.9. The summed E-state index contributed by atoms with van der Waals surface area (Å²) in [6.07, 6.45) is 2.29. The largest absolute Gasteiger partial charge is 0.497 e. The number of ether oxygens (including phenoxy) is 1. The van der Waals surface area contributed by atoms with Gasteiger partial charge in [-0.15, -0.1) is 0 Å². The number of hydrogen-bond acceptors (Lipinski definition) is 4. The van der Waals surface area contributed by atoms with Crippen molar-refractivity contribution >= 4 is 12.0 Å². The molecule has 7 heteroatoms. The van der Waals surface area contributed by atoms with Crippen LogP contribution in [0, 0.1) is 5.92 Å². The minimum atomic E-state index is -0.904. The molecule has 0 aromatic heterocycles. The van der Waals surface area contributed by atoms with Gasteiger partial charge in [-0.1, -0.05) is 72.8 Å². The second kappa shape index (κ2) is 13.5. The topological polar surface area (TPSA) is 82.1 Å². The van der Waals surface area contributed by atoms with Gasteiger partial charge in [-0.05, 0) is 59.9 Å². The molecule has 1 aliphatic carbocycles. The van der Waals surface area contributed by atoms with E-state index in [1.54, 1.807) is 21.1 Å². The molecule has 40 heavy (non-hydrogen) atoms. The van der Waals surface area contributed by atoms with Crippen LogP contribution in [0.2, 0.25) is 0 Å². The fourth-order valence-electron chi connectivity index (χ4n) is 5.68.